The monoisotopic (exact) mass is 399 g/mol. The second-order valence-electron chi connectivity index (χ2n) is 7.29. The van der Waals surface area contributed by atoms with Crippen LogP contribution < -0.4 is 4.74 Å². The fourth-order valence-corrected chi connectivity index (χ4v) is 3.98. The summed E-state index contributed by atoms with van der Waals surface area (Å²) in [5.74, 6) is -0.491. The number of esters is 1. The first kappa shape index (κ1) is 20.8. The Morgan fingerprint density at radius 3 is 2.34 bits per heavy atom. The van der Waals surface area contributed by atoms with E-state index in [1.165, 1.54) is 20.3 Å². The third kappa shape index (κ3) is 4.42. The molecule has 0 saturated carbocycles. The number of hydrogen-bond donors (Lipinski definition) is 0. The lowest BCUT2D eigenvalue weighted by Gasteiger charge is -2.40. The minimum Gasteiger partial charge on any atom is -0.494 e. The third-order valence-corrected chi connectivity index (χ3v) is 5.72. The first-order valence-electron chi connectivity index (χ1n) is 9.74. The predicted molar refractivity (Wildman–Crippen MR) is 107 cm³/mol. The Bertz CT molecular complexity index is 860. The molecule has 2 aromatic carbocycles. The number of aryl methyl sites for hydroxylation is 1. The highest BCUT2D eigenvalue weighted by molar-refractivity contribution is 5.84. The van der Waals surface area contributed by atoms with Crippen molar-refractivity contribution in [2.45, 2.75) is 31.1 Å². The summed E-state index contributed by atoms with van der Waals surface area (Å²) >= 11 is 0. The molecule has 0 N–H and O–H groups in total. The third-order valence-electron chi connectivity index (χ3n) is 5.72. The van der Waals surface area contributed by atoms with Crippen LogP contribution in [0.25, 0.3) is 0 Å². The maximum atomic E-state index is 13.8. The molecular weight excluding hydrogens is 373 g/mol. The van der Waals surface area contributed by atoms with Crippen molar-refractivity contribution in [2.75, 3.05) is 27.3 Å². The normalized spacial score (nSPS) is 15.6. The average Bonchev–Trinajstić information content (AvgIpc) is 2.77. The van der Waals surface area contributed by atoms with E-state index in [4.69, 9.17) is 9.47 Å². The van der Waals surface area contributed by atoms with Gasteiger partial charge in [-0.3, -0.25) is 9.59 Å². The number of likely N-dealkylation sites (tertiary alicyclic amines) is 1. The zero-order valence-electron chi connectivity index (χ0n) is 16.8. The summed E-state index contributed by atoms with van der Waals surface area (Å²) in [4.78, 5) is 27.0. The highest BCUT2D eigenvalue weighted by Gasteiger charge is 2.44. The lowest BCUT2D eigenvalue weighted by Crippen LogP contribution is -2.49. The average molecular weight is 399 g/mol. The molecule has 29 heavy (non-hydrogen) atoms. The number of rotatable bonds is 6. The molecule has 5 nitrogen and oxygen atoms in total. The van der Waals surface area contributed by atoms with E-state index in [1.807, 2.05) is 30.3 Å². The van der Waals surface area contributed by atoms with Gasteiger partial charge in [0.25, 0.3) is 0 Å². The highest BCUT2D eigenvalue weighted by atomic mass is 19.1. The first-order chi connectivity index (χ1) is 14.0. The minimum absolute atomic E-state index is 0.00718. The number of carbonyl (C=O) groups excluding carboxylic acids is 2. The number of halogens is 1. The molecular formula is C23H26FNO4. The summed E-state index contributed by atoms with van der Waals surface area (Å²) in [6.07, 6.45) is 1.79. The molecule has 1 aliphatic rings. The Labute approximate surface area is 170 Å². The van der Waals surface area contributed by atoms with Gasteiger partial charge in [-0.25, -0.2) is 4.39 Å². The Balaban J connectivity index is 1.62. The molecule has 1 aliphatic heterocycles. The van der Waals surface area contributed by atoms with Gasteiger partial charge in [0.15, 0.2) is 11.6 Å². The van der Waals surface area contributed by atoms with Crippen molar-refractivity contribution in [2.24, 2.45) is 0 Å². The standard InChI is InChI=1S/C23H26FNO4/c1-28-20-10-8-17(16-19(20)24)9-11-21(26)25-14-12-23(13-15-25,22(27)29-2)18-6-4-3-5-7-18/h3-8,10,16H,9,11-15H2,1-2H3. The highest BCUT2D eigenvalue weighted by Crippen LogP contribution is 2.37. The zero-order valence-corrected chi connectivity index (χ0v) is 16.8. The molecule has 1 heterocycles. The van der Waals surface area contributed by atoms with Crippen LogP contribution >= 0.6 is 0 Å². The van der Waals surface area contributed by atoms with Crippen molar-refractivity contribution < 1.29 is 23.5 Å². The van der Waals surface area contributed by atoms with Crippen LogP contribution in [0, 0.1) is 5.82 Å². The SMILES string of the molecule is COC(=O)C1(c2ccccc2)CCN(C(=O)CCc2ccc(OC)c(F)c2)CC1. The van der Waals surface area contributed by atoms with Gasteiger partial charge in [0.2, 0.25) is 5.91 Å². The van der Waals surface area contributed by atoms with Crippen molar-refractivity contribution in [1.82, 2.24) is 4.90 Å². The van der Waals surface area contributed by atoms with Crippen LogP contribution in [0.15, 0.2) is 48.5 Å². The number of amides is 1. The largest absolute Gasteiger partial charge is 0.494 e. The Hall–Kier alpha value is -2.89. The summed E-state index contributed by atoms with van der Waals surface area (Å²) in [6, 6.07) is 14.3. The molecule has 154 valence electrons. The summed E-state index contributed by atoms with van der Waals surface area (Å²) in [6.45, 7) is 0.972. The molecule has 0 aromatic heterocycles. The van der Waals surface area contributed by atoms with Crippen LogP contribution in [-0.4, -0.2) is 44.1 Å². The summed E-state index contributed by atoms with van der Waals surface area (Å²) in [7, 11) is 2.82. The first-order valence-corrected chi connectivity index (χ1v) is 9.74. The van der Waals surface area contributed by atoms with Gasteiger partial charge in [-0.1, -0.05) is 36.4 Å². The maximum Gasteiger partial charge on any atom is 0.316 e. The van der Waals surface area contributed by atoms with Crippen molar-refractivity contribution in [3.05, 3.63) is 65.5 Å². The van der Waals surface area contributed by atoms with Crippen LogP contribution in [0.2, 0.25) is 0 Å². The molecule has 0 unspecified atom stereocenters. The van der Waals surface area contributed by atoms with Crippen LogP contribution in [0.4, 0.5) is 4.39 Å². The number of benzene rings is 2. The van der Waals surface area contributed by atoms with E-state index in [1.54, 1.807) is 17.0 Å². The van der Waals surface area contributed by atoms with Gasteiger partial charge in [0.05, 0.1) is 19.6 Å². The topological polar surface area (TPSA) is 55.8 Å². The van der Waals surface area contributed by atoms with Crippen LogP contribution in [0.1, 0.15) is 30.4 Å². The van der Waals surface area contributed by atoms with Crippen molar-refractivity contribution >= 4 is 11.9 Å². The van der Waals surface area contributed by atoms with Crippen LogP contribution in [-0.2, 0) is 26.2 Å². The molecule has 2 aromatic rings. The number of hydrogen-bond acceptors (Lipinski definition) is 4. The molecule has 6 heteroatoms. The number of carbonyl (C=O) groups is 2. The van der Waals surface area contributed by atoms with Gasteiger partial charge >= 0.3 is 5.97 Å². The van der Waals surface area contributed by atoms with Gasteiger partial charge in [-0.2, -0.15) is 0 Å². The van der Waals surface area contributed by atoms with Crippen molar-refractivity contribution in [1.29, 1.82) is 0 Å². The molecule has 1 fully saturated rings. The quantitative estimate of drug-likeness (QED) is 0.698. The molecule has 3 rings (SSSR count). The number of piperidine rings is 1. The van der Waals surface area contributed by atoms with E-state index in [0.717, 1.165) is 11.1 Å². The molecule has 1 saturated heterocycles. The molecule has 0 radical (unpaired) electrons. The number of methoxy groups -OCH3 is 2. The second-order valence-corrected chi connectivity index (χ2v) is 7.29. The Morgan fingerprint density at radius 2 is 1.76 bits per heavy atom. The summed E-state index contributed by atoms with van der Waals surface area (Å²) in [5, 5.41) is 0. The number of nitrogens with zero attached hydrogens (tertiary/aromatic N) is 1. The smallest absolute Gasteiger partial charge is 0.316 e. The maximum absolute atomic E-state index is 13.8. The van der Waals surface area contributed by atoms with Gasteiger partial charge in [0.1, 0.15) is 0 Å². The predicted octanol–water partition coefficient (Wildman–Crippen LogP) is 3.50. The van der Waals surface area contributed by atoms with Gasteiger partial charge < -0.3 is 14.4 Å². The van der Waals surface area contributed by atoms with E-state index < -0.39 is 11.2 Å². The van der Waals surface area contributed by atoms with Gasteiger partial charge in [-0.05, 0) is 42.5 Å². The summed E-state index contributed by atoms with van der Waals surface area (Å²) < 4.78 is 23.8. The fraction of sp³-hybridized carbons (Fsp3) is 0.391. The van der Waals surface area contributed by atoms with Crippen LogP contribution in [0.3, 0.4) is 0 Å². The van der Waals surface area contributed by atoms with Gasteiger partial charge in [-0.15, -0.1) is 0 Å². The molecule has 0 aliphatic carbocycles. The Morgan fingerprint density at radius 1 is 1.07 bits per heavy atom. The summed E-state index contributed by atoms with van der Waals surface area (Å²) in [5.41, 5.74) is 0.959. The fourth-order valence-electron chi connectivity index (χ4n) is 3.98. The minimum atomic E-state index is -0.716. The van der Waals surface area contributed by atoms with Crippen molar-refractivity contribution in [3.63, 3.8) is 0 Å². The van der Waals surface area contributed by atoms with Crippen molar-refractivity contribution in [3.8, 4) is 5.75 Å². The molecule has 1 amide bonds. The van der Waals surface area contributed by atoms with E-state index in [0.29, 0.717) is 38.8 Å². The number of ether oxygens (including phenoxy) is 2. The molecule has 0 spiro atoms. The van der Waals surface area contributed by atoms with E-state index in [9.17, 15) is 14.0 Å². The van der Waals surface area contributed by atoms with E-state index in [-0.39, 0.29) is 17.6 Å². The van der Waals surface area contributed by atoms with Crippen LogP contribution in [0.5, 0.6) is 5.75 Å². The zero-order chi connectivity index (χ0) is 20.9. The molecule has 0 bridgehead atoms. The van der Waals surface area contributed by atoms with E-state index in [2.05, 4.69) is 0 Å². The lowest BCUT2D eigenvalue weighted by atomic mass is 9.72. The lowest BCUT2D eigenvalue weighted by molar-refractivity contribution is -0.151. The molecule has 0 atom stereocenters. The van der Waals surface area contributed by atoms with E-state index >= 15 is 0 Å². The van der Waals surface area contributed by atoms with Gasteiger partial charge in [0, 0.05) is 19.5 Å². The Kier molecular flexibility index (Phi) is 6.52. The second kappa shape index (κ2) is 9.07.